The molecule has 2 heterocycles. The average Bonchev–Trinajstić information content (AvgIpc) is 3.18. The number of piperidine rings is 1. The van der Waals surface area contributed by atoms with Gasteiger partial charge in [0.2, 0.25) is 0 Å². The van der Waals surface area contributed by atoms with Gasteiger partial charge >= 0.3 is 0 Å². The molecule has 0 atom stereocenters. The van der Waals surface area contributed by atoms with Crippen molar-refractivity contribution in [2.24, 2.45) is 4.99 Å². The summed E-state index contributed by atoms with van der Waals surface area (Å²) >= 11 is 5.96. The van der Waals surface area contributed by atoms with E-state index in [1.54, 1.807) is 6.26 Å². The van der Waals surface area contributed by atoms with E-state index in [0.717, 1.165) is 62.2 Å². The van der Waals surface area contributed by atoms with Crippen molar-refractivity contribution in [3.05, 3.63) is 59.0 Å². The minimum absolute atomic E-state index is 0. The van der Waals surface area contributed by atoms with Gasteiger partial charge in [0.1, 0.15) is 5.76 Å². The second-order valence-corrected chi connectivity index (χ2v) is 7.09. The molecule has 0 unspecified atom stereocenters. The van der Waals surface area contributed by atoms with Crippen LogP contribution in [-0.4, -0.2) is 43.6 Å². The van der Waals surface area contributed by atoms with Crippen molar-refractivity contribution in [3.8, 4) is 0 Å². The first kappa shape index (κ1) is 22.0. The van der Waals surface area contributed by atoms with Crippen LogP contribution in [0.5, 0.6) is 0 Å². The predicted octanol–water partition coefficient (Wildman–Crippen LogP) is 3.92. The number of nitrogens with zero attached hydrogens (tertiary/aromatic N) is 2. The lowest BCUT2D eigenvalue weighted by atomic mass is 10.0. The zero-order chi connectivity index (χ0) is 18.2. The van der Waals surface area contributed by atoms with Crippen molar-refractivity contribution < 1.29 is 4.42 Å². The van der Waals surface area contributed by atoms with Crippen molar-refractivity contribution >= 4 is 41.5 Å². The van der Waals surface area contributed by atoms with E-state index in [9.17, 15) is 0 Å². The summed E-state index contributed by atoms with van der Waals surface area (Å²) in [5.74, 6) is 1.86. The van der Waals surface area contributed by atoms with Gasteiger partial charge in [-0.3, -0.25) is 9.89 Å². The van der Waals surface area contributed by atoms with Crippen molar-refractivity contribution in [1.29, 1.82) is 0 Å². The first-order valence-corrected chi connectivity index (χ1v) is 9.57. The first-order valence-electron chi connectivity index (χ1n) is 9.19. The van der Waals surface area contributed by atoms with Crippen molar-refractivity contribution in [3.63, 3.8) is 0 Å². The van der Waals surface area contributed by atoms with Crippen LogP contribution in [0.1, 0.15) is 24.2 Å². The molecule has 27 heavy (non-hydrogen) atoms. The van der Waals surface area contributed by atoms with Gasteiger partial charge in [-0.25, -0.2) is 0 Å². The molecule has 1 saturated heterocycles. The molecule has 0 radical (unpaired) electrons. The van der Waals surface area contributed by atoms with Crippen molar-refractivity contribution in [1.82, 2.24) is 15.5 Å². The fourth-order valence-corrected chi connectivity index (χ4v) is 3.36. The van der Waals surface area contributed by atoms with Gasteiger partial charge in [-0.15, -0.1) is 24.0 Å². The molecule has 7 heteroatoms. The van der Waals surface area contributed by atoms with Crippen LogP contribution in [0.4, 0.5) is 0 Å². The summed E-state index contributed by atoms with van der Waals surface area (Å²) in [4.78, 5) is 6.83. The summed E-state index contributed by atoms with van der Waals surface area (Å²) in [6.45, 7) is 3.97. The number of benzene rings is 1. The predicted molar refractivity (Wildman–Crippen MR) is 122 cm³/mol. The van der Waals surface area contributed by atoms with Crippen molar-refractivity contribution in [2.45, 2.75) is 31.8 Å². The van der Waals surface area contributed by atoms with E-state index >= 15 is 0 Å². The van der Waals surface area contributed by atoms with E-state index in [4.69, 9.17) is 16.0 Å². The Bertz CT molecular complexity index is 683. The zero-order valence-electron chi connectivity index (χ0n) is 15.7. The fourth-order valence-electron chi connectivity index (χ4n) is 3.23. The lowest BCUT2D eigenvalue weighted by Gasteiger charge is -2.33. The number of rotatable bonds is 6. The molecule has 1 aliphatic rings. The Hall–Kier alpha value is -1.25. The molecule has 5 nitrogen and oxygen atoms in total. The smallest absolute Gasteiger partial charge is 0.191 e. The maximum absolute atomic E-state index is 5.96. The standard InChI is InChI=1S/C20H27ClN4O.HI/c1-22-20(23-11-8-19-3-2-14-26-19)24-18-9-12-25(13-10-18)15-16-4-6-17(21)7-5-16;/h2-7,14,18H,8-13,15H2,1H3,(H2,22,23,24);1H. The molecular formula is C20H28ClIN4O. The summed E-state index contributed by atoms with van der Waals surface area (Å²) in [5.41, 5.74) is 1.32. The highest BCUT2D eigenvalue weighted by molar-refractivity contribution is 14.0. The van der Waals surface area contributed by atoms with Gasteiger partial charge in [0.15, 0.2) is 5.96 Å². The average molecular weight is 503 g/mol. The highest BCUT2D eigenvalue weighted by atomic mass is 127. The normalized spacial score (nSPS) is 16.0. The zero-order valence-corrected chi connectivity index (χ0v) is 18.7. The number of aliphatic imine (C=N–C) groups is 1. The Kier molecular flexibility index (Phi) is 9.44. The summed E-state index contributed by atoms with van der Waals surface area (Å²) in [5, 5.41) is 7.70. The Morgan fingerprint density at radius 2 is 1.96 bits per heavy atom. The Morgan fingerprint density at radius 1 is 1.22 bits per heavy atom. The largest absolute Gasteiger partial charge is 0.469 e. The molecule has 1 aliphatic heterocycles. The minimum Gasteiger partial charge on any atom is -0.469 e. The van der Waals surface area contributed by atoms with Gasteiger partial charge in [0, 0.05) is 50.7 Å². The maximum atomic E-state index is 5.96. The van der Waals surface area contributed by atoms with E-state index in [1.165, 1.54) is 5.56 Å². The third kappa shape index (κ3) is 7.35. The molecule has 1 aromatic heterocycles. The van der Waals surface area contributed by atoms with Crippen LogP contribution in [0.15, 0.2) is 52.1 Å². The molecule has 0 bridgehead atoms. The number of hydrogen-bond acceptors (Lipinski definition) is 3. The highest BCUT2D eigenvalue weighted by Gasteiger charge is 2.20. The van der Waals surface area contributed by atoms with Crippen molar-refractivity contribution in [2.75, 3.05) is 26.7 Å². The minimum atomic E-state index is 0. The monoisotopic (exact) mass is 502 g/mol. The quantitative estimate of drug-likeness (QED) is 0.357. The van der Waals surface area contributed by atoms with Crippen LogP contribution in [0, 0.1) is 0 Å². The molecule has 1 aromatic carbocycles. The number of nitrogens with one attached hydrogen (secondary N) is 2. The lowest BCUT2D eigenvalue weighted by molar-refractivity contribution is 0.198. The van der Waals surface area contributed by atoms with Crippen LogP contribution in [0.2, 0.25) is 5.02 Å². The van der Waals surface area contributed by atoms with E-state index < -0.39 is 0 Å². The number of halogens is 2. The molecule has 0 spiro atoms. The number of likely N-dealkylation sites (tertiary alicyclic amines) is 1. The fraction of sp³-hybridized carbons (Fsp3) is 0.450. The van der Waals surface area contributed by atoms with Gasteiger partial charge in [-0.2, -0.15) is 0 Å². The second kappa shape index (κ2) is 11.6. The molecule has 0 aliphatic carbocycles. The summed E-state index contributed by atoms with van der Waals surface area (Å²) in [6.07, 6.45) is 4.80. The van der Waals surface area contributed by atoms with E-state index in [1.807, 2.05) is 31.3 Å². The summed E-state index contributed by atoms with van der Waals surface area (Å²) in [6, 6.07) is 12.5. The lowest BCUT2D eigenvalue weighted by Crippen LogP contribution is -2.48. The summed E-state index contributed by atoms with van der Waals surface area (Å²) in [7, 11) is 1.82. The van der Waals surface area contributed by atoms with Gasteiger partial charge in [0.25, 0.3) is 0 Å². The van der Waals surface area contributed by atoms with Gasteiger partial charge < -0.3 is 15.1 Å². The van der Waals surface area contributed by atoms with Gasteiger partial charge in [-0.1, -0.05) is 23.7 Å². The van der Waals surface area contributed by atoms with Crippen LogP contribution in [0.3, 0.4) is 0 Å². The molecular weight excluding hydrogens is 475 g/mol. The van der Waals surface area contributed by atoms with Gasteiger partial charge in [-0.05, 0) is 42.7 Å². The Labute approximate surface area is 183 Å². The van der Waals surface area contributed by atoms with E-state index in [-0.39, 0.29) is 24.0 Å². The highest BCUT2D eigenvalue weighted by Crippen LogP contribution is 2.16. The molecule has 0 saturated carbocycles. The second-order valence-electron chi connectivity index (χ2n) is 6.65. The first-order chi connectivity index (χ1) is 12.7. The molecule has 0 amide bonds. The van der Waals surface area contributed by atoms with E-state index in [2.05, 4.69) is 32.7 Å². The maximum Gasteiger partial charge on any atom is 0.191 e. The Balaban J connectivity index is 0.00000261. The van der Waals surface area contributed by atoms with E-state index in [0.29, 0.717) is 6.04 Å². The molecule has 3 rings (SSSR count). The van der Waals surface area contributed by atoms with Crippen LogP contribution in [0.25, 0.3) is 0 Å². The molecule has 2 aromatic rings. The third-order valence-electron chi connectivity index (χ3n) is 4.72. The topological polar surface area (TPSA) is 52.8 Å². The number of furan rings is 1. The third-order valence-corrected chi connectivity index (χ3v) is 4.97. The van der Waals surface area contributed by atoms with Crippen LogP contribution in [-0.2, 0) is 13.0 Å². The Morgan fingerprint density at radius 3 is 2.59 bits per heavy atom. The summed E-state index contributed by atoms with van der Waals surface area (Å²) < 4.78 is 5.35. The van der Waals surface area contributed by atoms with Gasteiger partial charge in [0.05, 0.1) is 6.26 Å². The number of guanidine groups is 1. The molecule has 2 N–H and O–H groups in total. The van der Waals surface area contributed by atoms with Crippen LogP contribution < -0.4 is 10.6 Å². The molecule has 148 valence electrons. The molecule has 1 fully saturated rings. The van der Waals surface area contributed by atoms with Crippen LogP contribution >= 0.6 is 35.6 Å². The SMILES string of the molecule is CN=C(NCCc1ccco1)NC1CCN(Cc2ccc(Cl)cc2)CC1.I. The number of hydrogen-bond donors (Lipinski definition) is 2.